The van der Waals surface area contributed by atoms with Gasteiger partial charge >= 0.3 is 0 Å². The number of hydrogen-bond donors (Lipinski definition) is 2. The number of carbonyl (C=O) groups excluding carboxylic acids is 1. The fourth-order valence-electron chi connectivity index (χ4n) is 3.05. The number of amides is 1. The summed E-state index contributed by atoms with van der Waals surface area (Å²) in [5.41, 5.74) is 1.93. The van der Waals surface area contributed by atoms with Crippen LogP contribution in [0, 0.1) is 12.7 Å². The van der Waals surface area contributed by atoms with Crippen molar-refractivity contribution >= 4 is 40.0 Å². The van der Waals surface area contributed by atoms with Crippen molar-refractivity contribution in [1.29, 1.82) is 0 Å². The molecule has 0 aliphatic carbocycles. The zero-order chi connectivity index (χ0) is 21.1. The monoisotopic (exact) mass is 442 g/mol. The van der Waals surface area contributed by atoms with E-state index < -0.39 is 5.82 Å². The predicted molar refractivity (Wildman–Crippen MR) is 118 cm³/mol. The molecule has 1 amide bonds. The molecule has 1 aromatic carbocycles. The molecule has 0 saturated carbocycles. The molecule has 0 unspecified atom stereocenters. The van der Waals surface area contributed by atoms with Gasteiger partial charge in [-0.05, 0) is 55.1 Å². The van der Waals surface area contributed by atoms with Gasteiger partial charge in [0.2, 0.25) is 5.91 Å². The number of thiophene rings is 1. The van der Waals surface area contributed by atoms with E-state index in [1.165, 1.54) is 45.5 Å². The van der Waals surface area contributed by atoms with Gasteiger partial charge in [0.25, 0.3) is 5.56 Å². The van der Waals surface area contributed by atoms with Gasteiger partial charge in [-0.25, -0.2) is 9.37 Å². The third-order valence-corrected chi connectivity index (χ3v) is 6.32. The number of nitrogens with zero attached hydrogens (tertiary/aromatic N) is 2. The molecular formula is C21H19FN4O2S2. The Morgan fingerprint density at radius 2 is 2.10 bits per heavy atom. The molecule has 0 fully saturated rings. The van der Waals surface area contributed by atoms with Gasteiger partial charge in [0.1, 0.15) is 11.3 Å². The summed E-state index contributed by atoms with van der Waals surface area (Å²) in [5.74, 6) is -0.412. The van der Waals surface area contributed by atoms with Crippen molar-refractivity contribution in [2.75, 3.05) is 12.3 Å². The van der Waals surface area contributed by atoms with Gasteiger partial charge in [-0.15, -0.1) is 11.3 Å². The highest BCUT2D eigenvalue weighted by Gasteiger charge is 2.16. The third kappa shape index (κ3) is 4.47. The Morgan fingerprint density at radius 3 is 2.83 bits per heavy atom. The van der Waals surface area contributed by atoms with Crippen LogP contribution in [0.25, 0.3) is 16.7 Å². The molecule has 3 heterocycles. The lowest BCUT2D eigenvalue weighted by atomic mass is 10.3. The first-order valence-corrected chi connectivity index (χ1v) is 11.2. The number of aromatic nitrogens is 3. The first-order valence-electron chi connectivity index (χ1n) is 9.31. The predicted octanol–water partition coefficient (Wildman–Crippen LogP) is 3.67. The van der Waals surface area contributed by atoms with Crippen molar-refractivity contribution < 1.29 is 9.18 Å². The number of carbonyl (C=O) groups is 1. The summed E-state index contributed by atoms with van der Waals surface area (Å²) in [6.07, 6.45) is 0.779. The normalized spacial score (nSPS) is 11.1. The first-order chi connectivity index (χ1) is 14.5. The maximum Gasteiger partial charge on any atom is 0.283 e. The minimum Gasteiger partial charge on any atom is -0.355 e. The number of aryl methyl sites for hydroxylation is 1. The molecule has 0 saturated heterocycles. The zero-order valence-corrected chi connectivity index (χ0v) is 17.8. The van der Waals surface area contributed by atoms with E-state index in [2.05, 4.69) is 15.3 Å². The minimum atomic E-state index is -0.393. The highest BCUT2D eigenvalue weighted by molar-refractivity contribution is 7.99. The van der Waals surface area contributed by atoms with Gasteiger partial charge in [0.05, 0.1) is 17.0 Å². The Bertz CT molecular complexity index is 1230. The summed E-state index contributed by atoms with van der Waals surface area (Å²) >= 11 is 2.83. The molecule has 4 aromatic rings. The van der Waals surface area contributed by atoms with Crippen molar-refractivity contribution in [1.82, 2.24) is 19.9 Å². The van der Waals surface area contributed by atoms with Gasteiger partial charge in [0, 0.05) is 17.1 Å². The minimum absolute atomic E-state index is 0.118. The first kappa shape index (κ1) is 20.4. The van der Waals surface area contributed by atoms with Crippen LogP contribution in [-0.4, -0.2) is 32.7 Å². The fraction of sp³-hybridized carbons (Fsp3) is 0.190. The van der Waals surface area contributed by atoms with E-state index in [0.29, 0.717) is 28.4 Å². The number of H-pyrrole nitrogens is 1. The van der Waals surface area contributed by atoms with Crippen LogP contribution in [0.2, 0.25) is 0 Å². The van der Waals surface area contributed by atoms with Crippen LogP contribution in [-0.2, 0) is 11.2 Å². The van der Waals surface area contributed by atoms with Crippen LogP contribution in [0.5, 0.6) is 0 Å². The van der Waals surface area contributed by atoms with Crippen molar-refractivity contribution in [3.05, 3.63) is 74.6 Å². The van der Waals surface area contributed by atoms with Crippen LogP contribution in [0.15, 0.2) is 57.8 Å². The second-order valence-corrected chi connectivity index (χ2v) is 8.67. The molecule has 3 aromatic heterocycles. The second-order valence-electron chi connectivity index (χ2n) is 6.69. The number of benzene rings is 1. The van der Waals surface area contributed by atoms with Crippen molar-refractivity contribution in [2.45, 2.75) is 18.5 Å². The quantitative estimate of drug-likeness (QED) is 0.338. The molecule has 0 spiro atoms. The average molecular weight is 443 g/mol. The van der Waals surface area contributed by atoms with Crippen LogP contribution in [0.4, 0.5) is 4.39 Å². The number of rotatable bonds is 7. The van der Waals surface area contributed by atoms with Gasteiger partial charge < -0.3 is 10.3 Å². The molecule has 4 rings (SSSR count). The zero-order valence-electron chi connectivity index (χ0n) is 16.1. The molecule has 0 radical (unpaired) electrons. The maximum atomic E-state index is 13.4. The van der Waals surface area contributed by atoms with Gasteiger partial charge in [0.15, 0.2) is 5.16 Å². The van der Waals surface area contributed by atoms with Crippen LogP contribution in [0.1, 0.15) is 10.6 Å². The summed E-state index contributed by atoms with van der Waals surface area (Å²) < 4.78 is 14.8. The van der Waals surface area contributed by atoms with Gasteiger partial charge in [-0.3, -0.25) is 14.2 Å². The Labute approximate surface area is 180 Å². The second kappa shape index (κ2) is 8.85. The number of aromatic amines is 1. The molecule has 154 valence electrons. The van der Waals surface area contributed by atoms with E-state index in [0.717, 1.165) is 12.1 Å². The number of halogens is 1. The Kier molecular flexibility index (Phi) is 6.01. The van der Waals surface area contributed by atoms with E-state index >= 15 is 0 Å². The van der Waals surface area contributed by atoms with Crippen molar-refractivity contribution in [3.63, 3.8) is 0 Å². The van der Waals surface area contributed by atoms with Crippen molar-refractivity contribution in [3.8, 4) is 5.69 Å². The SMILES string of the molecule is Cc1cc2nc(SCC(=O)NCCc3cccs3)n(-c3ccc(F)cc3)c(=O)c2[nH]1. The van der Waals surface area contributed by atoms with Gasteiger partial charge in [-0.2, -0.15) is 0 Å². The smallest absolute Gasteiger partial charge is 0.283 e. The number of nitrogens with one attached hydrogen (secondary N) is 2. The van der Waals surface area contributed by atoms with E-state index in [4.69, 9.17) is 0 Å². The highest BCUT2D eigenvalue weighted by Crippen LogP contribution is 2.22. The molecule has 6 nitrogen and oxygen atoms in total. The molecule has 0 bridgehead atoms. The largest absolute Gasteiger partial charge is 0.355 e. The molecule has 0 aliphatic rings. The molecule has 30 heavy (non-hydrogen) atoms. The molecule has 0 atom stereocenters. The van der Waals surface area contributed by atoms with Crippen molar-refractivity contribution in [2.24, 2.45) is 0 Å². The number of thioether (sulfide) groups is 1. The van der Waals surface area contributed by atoms with Crippen LogP contribution in [0.3, 0.4) is 0 Å². The Hall–Kier alpha value is -2.91. The summed E-state index contributed by atoms with van der Waals surface area (Å²) in [5, 5.41) is 5.28. The van der Waals surface area contributed by atoms with Gasteiger partial charge in [-0.1, -0.05) is 17.8 Å². The molecule has 0 aliphatic heterocycles. The number of fused-ring (bicyclic) bond motifs is 1. The Balaban J connectivity index is 1.56. The van der Waals surface area contributed by atoms with Crippen LogP contribution < -0.4 is 10.9 Å². The summed E-state index contributed by atoms with van der Waals surface area (Å²) in [6.45, 7) is 2.39. The van der Waals surface area contributed by atoms with E-state index in [-0.39, 0.29) is 17.2 Å². The summed E-state index contributed by atoms with van der Waals surface area (Å²) in [7, 11) is 0. The van der Waals surface area contributed by atoms with E-state index in [9.17, 15) is 14.0 Å². The maximum absolute atomic E-state index is 13.4. The molecule has 2 N–H and O–H groups in total. The lowest BCUT2D eigenvalue weighted by Gasteiger charge is -2.12. The number of hydrogen-bond acceptors (Lipinski definition) is 5. The topological polar surface area (TPSA) is 79.8 Å². The molecule has 9 heteroatoms. The third-order valence-electron chi connectivity index (χ3n) is 4.45. The fourth-order valence-corrected chi connectivity index (χ4v) is 4.60. The summed E-state index contributed by atoms with van der Waals surface area (Å²) in [4.78, 5) is 34.2. The van der Waals surface area contributed by atoms with Crippen LogP contribution >= 0.6 is 23.1 Å². The standard InChI is InChI=1S/C21H19FN4O2S2/c1-13-11-17-19(24-13)20(28)26(15-6-4-14(22)5-7-15)21(25-17)30-12-18(27)23-9-8-16-3-2-10-29-16/h2-7,10-11,24H,8-9,12H2,1H3,(H,23,27). The molecular weight excluding hydrogens is 423 g/mol. The average Bonchev–Trinajstić information content (AvgIpc) is 3.37. The van der Waals surface area contributed by atoms with E-state index in [1.807, 2.05) is 24.4 Å². The lowest BCUT2D eigenvalue weighted by Crippen LogP contribution is -2.28. The lowest BCUT2D eigenvalue weighted by molar-refractivity contribution is -0.118. The Morgan fingerprint density at radius 1 is 1.30 bits per heavy atom. The summed E-state index contributed by atoms with van der Waals surface area (Å²) in [6, 6.07) is 11.4. The highest BCUT2D eigenvalue weighted by atomic mass is 32.2. The van der Waals surface area contributed by atoms with E-state index in [1.54, 1.807) is 17.4 Å².